The highest BCUT2D eigenvalue weighted by molar-refractivity contribution is 5.90. The lowest BCUT2D eigenvalue weighted by molar-refractivity contribution is 0.148. The number of urea groups is 1. The fourth-order valence-corrected chi connectivity index (χ4v) is 3.51. The predicted molar refractivity (Wildman–Crippen MR) is 91.2 cm³/mol. The lowest BCUT2D eigenvalue weighted by Gasteiger charge is -2.33. The first-order valence-corrected chi connectivity index (χ1v) is 8.98. The molecule has 0 saturated carbocycles. The fraction of sp³-hybridized carbons (Fsp3) is 0.765. The van der Waals surface area contributed by atoms with Crippen molar-refractivity contribution in [2.45, 2.75) is 45.6 Å². The Morgan fingerprint density at radius 3 is 2.79 bits per heavy atom. The van der Waals surface area contributed by atoms with E-state index in [2.05, 4.69) is 20.7 Å². The number of hydrogen-bond donors (Lipinski definition) is 2. The van der Waals surface area contributed by atoms with E-state index >= 15 is 0 Å². The van der Waals surface area contributed by atoms with Crippen LogP contribution >= 0.6 is 0 Å². The summed E-state index contributed by atoms with van der Waals surface area (Å²) in [6.45, 7) is 8.82. The number of aryl methyl sites for hydroxylation is 2. The van der Waals surface area contributed by atoms with Crippen LogP contribution in [0.5, 0.6) is 0 Å². The third-order valence-corrected chi connectivity index (χ3v) is 4.96. The lowest BCUT2D eigenvalue weighted by Crippen LogP contribution is -2.47. The Balaban J connectivity index is 1.42. The Morgan fingerprint density at radius 2 is 2.12 bits per heavy atom. The molecule has 2 fully saturated rings. The predicted octanol–water partition coefficient (Wildman–Crippen LogP) is 2.17. The van der Waals surface area contributed by atoms with E-state index in [4.69, 9.17) is 9.26 Å². The van der Waals surface area contributed by atoms with Crippen LogP contribution in [0.4, 0.5) is 10.5 Å². The molecule has 3 rings (SSSR count). The van der Waals surface area contributed by atoms with Crippen LogP contribution in [-0.4, -0.2) is 55.0 Å². The summed E-state index contributed by atoms with van der Waals surface area (Å²) < 4.78 is 10.6. The van der Waals surface area contributed by atoms with Crippen LogP contribution in [0.2, 0.25) is 0 Å². The van der Waals surface area contributed by atoms with Gasteiger partial charge in [-0.3, -0.25) is 0 Å². The van der Waals surface area contributed by atoms with Gasteiger partial charge in [0.15, 0.2) is 5.76 Å². The van der Waals surface area contributed by atoms with Gasteiger partial charge >= 0.3 is 6.03 Å². The van der Waals surface area contributed by atoms with E-state index in [1.54, 1.807) is 0 Å². The van der Waals surface area contributed by atoms with E-state index in [1.165, 1.54) is 6.42 Å². The molecule has 24 heavy (non-hydrogen) atoms. The SMILES string of the molecule is CCc1onc(C)c1NC(=O)NC1CCN(C[C@H]2CCOC2)CC1. The van der Waals surface area contributed by atoms with E-state index in [-0.39, 0.29) is 12.1 Å². The summed E-state index contributed by atoms with van der Waals surface area (Å²) in [6, 6.07) is 0.0602. The van der Waals surface area contributed by atoms with Crippen LogP contribution in [-0.2, 0) is 11.2 Å². The first-order valence-electron chi connectivity index (χ1n) is 8.98. The molecule has 3 heterocycles. The van der Waals surface area contributed by atoms with Gasteiger partial charge in [0.1, 0.15) is 11.4 Å². The molecule has 1 atom stereocenters. The third-order valence-electron chi connectivity index (χ3n) is 4.96. The summed E-state index contributed by atoms with van der Waals surface area (Å²) in [5.74, 6) is 1.40. The van der Waals surface area contributed by atoms with E-state index in [1.807, 2.05) is 13.8 Å². The average Bonchev–Trinajstić information content (AvgIpc) is 3.20. The molecule has 1 aromatic rings. The summed E-state index contributed by atoms with van der Waals surface area (Å²) >= 11 is 0. The summed E-state index contributed by atoms with van der Waals surface area (Å²) in [7, 11) is 0. The number of hydrogen-bond acceptors (Lipinski definition) is 5. The maximum absolute atomic E-state index is 12.2. The first kappa shape index (κ1) is 17.2. The Kier molecular flexibility index (Phi) is 5.73. The molecule has 2 N–H and O–H groups in total. The molecule has 0 aliphatic carbocycles. The molecule has 1 aromatic heterocycles. The van der Waals surface area contributed by atoms with Crippen molar-refractivity contribution in [1.82, 2.24) is 15.4 Å². The van der Waals surface area contributed by atoms with Crippen LogP contribution in [0, 0.1) is 12.8 Å². The van der Waals surface area contributed by atoms with Crippen molar-refractivity contribution in [2.24, 2.45) is 5.92 Å². The molecule has 0 unspecified atom stereocenters. The molecule has 134 valence electrons. The lowest BCUT2D eigenvalue weighted by atomic mass is 10.0. The molecular weight excluding hydrogens is 308 g/mol. The highest BCUT2D eigenvalue weighted by Gasteiger charge is 2.25. The van der Waals surface area contributed by atoms with Crippen molar-refractivity contribution >= 4 is 11.7 Å². The van der Waals surface area contributed by atoms with Gasteiger partial charge in [-0.2, -0.15) is 0 Å². The molecule has 2 aliphatic heterocycles. The molecule has 0 radical (unpaired) electrons. The van der Waals surface area contributed by atoms with Crippen molar-refractivity contribution in [3.8, 4) is 0 Å². The molecule has 0 bridgehead atoms. The number of carbonyl (C=O) groups excluding carboxylic acids is 1. The van der Waals surface area contributed by atoms with Crippen LogP contribution < -0.4 is 10.6 Å². The van der Waals surface area contributed by atoms with Gasteiger partial charge in [0.2, 0.25) is 0 Å². The van der Waals surface area contributed by atoms with E-state index in [0.717, 1.165) is 57.1 Å². The molecule has 7 nitrogen and oxygen atoms in total. The minimum atomic E-state index is -0.168. The number of anilines is 1. The molecule has 2 amide bonds. The third kappa shape index (κ3) is 4.27. The monoisotopic (exact) mass is 336 g/mol. The van der Waals surface area contributed by atoms with Gasteiger partial charge < -0.3 is 24.8 Å². The number of nitrogens with zero attached hydrogens (tertiary/aromatic N) is 2. The number of aromatic nitrogens is 1. The molecule has 7 heteroatoms. The van der Waals surface area contributed by atoms with E-state index in [0.29, 0.717) is 18.0 Å². The second-order valence-electron chi connectivity index (χ2n) is 6.82. The highest BCUT2D eigenvalue weighted by atomic mass is 16.5. The van der Waals surface area contributed by atoms with Crippen molar-refractivity contribution in [1.29, 1.82) is 0 Å². The summed E-state index contributed by atoms with van der Waals surface area (Å²) in [4.78, 5) is 14.7. The van der Waals surface area contributed by atoms with Gasteiger partial charge in [0.25, 0.3) is 0 Å². The van der Waals surface area contributed by atoms with Gasteiger partial charge in [-0.05, 0) is 32.1 Å². The Labute approximate surface area is 143 Å². The van der Waals surface area contributed by atoms with Crippen molar-refractivity contribution in [3.05, 3.63) is 11.5 Å². The number of likely N-dealkylation sites (tertiary alicyclic amines) is 1. The number of carbonyl (C=O) groups is 1. The van der Waals surface area contributed by atoms with E-state index < -0.39 is 0 Å². The largest absolute Gasteiger partial charge is 0.381 e. The highest BCUT2D eigenvalue weighted by Crippen LogP contribution is 2.21. The Bertz CT molecular complexity index is 546. The van der Waals surface area contributed by atoms with Crippen LogP contribution in [0.25, 0.3) is 0 Å². The minimum absolute atomic E-state index is 0.168. The fourth-order valence-electron chi connectivity index (χ4n) is 3.51. The Hall–Kier alpha value is -1.60. The van der Waals surface area contributed by atoms with Gasteiger partial charge in [-0.1, -0.05) is 12.1 Å². The van der Waals surface area contributed by atoms with Crippen molar-refractivity contribution < 1.29 is 14.1 Å². The van der Waals surface area contributed by atoms with Crippen molar-refractivity contribution in [2.75, 3.05) is 38.2 Å². The molecule has 2 saturated heterocycles. The van der Waals surface area contributed by atoms with Crippen LogP contribution in [0.15, 0.2) is 4.52 Å². The van der Waals surface area contributed by atoms with Gasteiger partial charge in [-0.25, -0.2) is 4.79 Å². The number of amides is 2. The number of rotatable bonds is 5. The van der Waals surface area contributed by atoms with Crippen LogP contribution in [0.3, 0.4) is 0 Å². The maximum atomic E-state index is 12.2. The molecule has 2 aliphatic rings. The number of piperidine rings is 1. The zero-order chi connectivity index (χ0) is 16.9. The first-order chi connectivity index (χ1) is 11.7. The second kappa shape index (κ2) is 7.98. The topological polar surface area (TPSA) is 79.6 Å². The number of ether oxygens (including phenoxy) is 1. The minimum Gasteiger partial charge on any atom is -0.381 e. The van der Waals surface area contributed by atoms with Gasteiger partial charge in [0, 0.05) is 38.7 Å². The quantitative estimate of drug-likeness (QED) is 0.861. The molecular formula is C17H28N4O3. The standard InChI is InChI=1S/C17H28N4O3/c1-3-15-16(12(2)20-24-15)19-17(22)18-14-4-7-21(8-5-14)10-13-6-9-23-11-13/h13-14H,3-11H2,1-2H3,(H2,18,19,22)/t13-/m1/s1. The van der Waals surface area contributed by atoms with E-state index in [9.17, 15) is 4.79 Å². The zero-order valence-electron chi connectivity index (χ0n) is 14.6. The maximum Gasteiger partial charge on any atom is 0.319 e. The summed E-state index contributed by atoms with van der Waals surface area (Å²) in [5.41, 5.74) is 1.42. The summed E-state index contributed by atoms with van der Waals surface area (Å²) in [6.07, 6.45) is 3.87. The average molecular weight is 336 g/mol. The number of nitrogens with one attached hydrogen (secondary N) is 2. The molecule has 0 spiro atoms. The van der Waals surface area contributed by atoms with Gasteiger partial charge in [-0.15, -0.1) is 0 Å². The second-order valence-corrected chi connectivity index (χ2v) is 6.82. The summed E-state index contributed by atoms with van der Waals surface area (Å²) in [5, 5.41) is 9.88. The smallest absolute Gasteiger partial charge is 0.319 e. The normalized spacial score (nSPS) is 22.7. The van der Waals surface area contributed by atoms with Gasteiger partial charge in [0.05, 0.1) is 6.61 Å². The zero-order valence-corrected chi connectivity index (χ0v) is 14.6. The van der Waals surface area contributed by atoms with Crippen molar-refractivity contribution in [3.63, 3.8) is 0 Å². The van der Waals surface area contributed by atoms with Crippen LogP contribution in [0.1, 0.15) is 37.6 Å². The molecule has 0 aromatic carbocycles. The Morgan fingerprint density at radius 1 is 1.33 bits per heavy atom.